The Morgan fingerprint density at radius 3 is 2.48 bits per heavy atom. The molecule has 2 N–H and O–H groups in total. The fourth-order valence-electron chi connectivity index (χ4n) is 3.15. The summed E-state index contributed by atoms with van der Waals surface area (Å²) in [6, 6.07) is 5.56. The molecule has 1 saturated carbocycles. The summed E-state index contributed by atoms with van der Waals surface area (Å²) in [5, 5.41) is 10.7. The second-order valence-electron chi connectivity index (χ2n) is 6.35. The highest BCUT2D eigenvalue weighted by Gasteiger charge is 2.40. The number of hydrogen-bond acceptors (Lipinski definition) is 3. The lowest BCUT2D eigenvalue weighted by atomic mass is 9.78. The van der Waals surface area contributed by atoms with Crippen molar-refractivity contribution < 1.29 is 22.3 Å². The third-order valence-corrected chi connectivity index (χ3v) is 6.24. The molecule has 1 aliphatic heterocycles. The summed E-state index contributed by atoms with van der Waals surface area (Å²) in [5.74, 6) is -0.405. The van der Waals surface area contributed by atoms with E-state index in [1.54, 1.807) is 12.1 Å². The van der Waals surface area contributed by atoms with E-state index in [1.807, 2.05) is 0 Å². The maximum Gasteiger partial charge on any atom is 0.279 e. The summed E-state index contributed by atoms with van der Waals surface area (Å²) < 4.78 is 53.8. The SMILES string of the molecule is O=S(=O)(NC1CCC(O)(c2cccc(F)c2)CC1)N1CC(F)C1. The van der Waals surface area contributed by atoms with E-state index in [1.165, 1.54) is 12.1 Å². The molecule has 8 heteroatoms. The maximum atomic E-state index is 13.3. The maximum absolute atomic E-state index is 13.3. The smallest absolute Gasteiger partial charge is 0.279 e. The first-order valence-corrected chi connectivity index (χ1v) is 9.12. The number of aliphatic hydroxyl groups is 1. The van der Waals surface area contributed by atoms with E-state index >= 15 is 0 Å². The topological polar surface area (TPSA) is 69.6 Å². The van der Waals surface area contributed by atoms with Crippen LogP contribution in [-0.4, -0.2) is 43.1 Å². The fourth-order valence-corrected chi connectivity index (χ4v) is 4.67. The van der Waals surface area contributed by atoms with Crippen LogP contribution < -0.4 is 4.72 Å². The highest BCUT2D eigenvalue weighted by atomic mass is 32.2. The Labute approximate surface area is 134 Å². The Hall–Kier alpha value is -1.09. The van der Waals surface area contributed by atoms with Crippen LogP contribution >= 0.6 is 0 Å². The predicted molar refractivity (Wildman–Crippen MR) is 81.1 cm³/mol. The van der Waals surface area contributed by atoms with Gasteiger partial charge in [-0.1, -0.05) is 12.1 Å². The Balaban J connectivity index is 1.60. The summed E-state index contributed by atoms with van der Waals surface area (Å²) in [6.45, 7) is -0.204. The second-order valence-corrected chi connectivity index (χ2v) is 8.06. The van der Waals surface area contributed by atoms with Crippen LogP contribution in [0.3, 0.4) is 0 Å². The molecule has 1 heterocycles. The Morgan fingerprint density at radius 1 is 1.26 bits per heavy atom. The molecular formula is C15H20F2N2O3S. The number of rotatable bonds is 4. The molecule has 1 saturated heterocycles. The largest absolute Gasteiger partial charge is 0.385 e. The van der Waals surface area contributed by atoms with Crippen LogP contribution in [-0.2, 0) is 15.8 Å². The minimum absolute atomic E-state index is 0.102. The summed E-state index contributed by atoms with van der Waals surface area (Å²) in [6.07, 6.45) is 0.485. The molecule has 0 bridgehead atoms. The molecule has 128 valence electrons. The average Bonchev–Trinajstić information content (AvgIpc) is 2.46. The quantitative estimate of drug-likeness (QED) is 0.867. The van der Waals surface area contributed by atoms with Gasteiger partial charge in [0.25, 0.3) is 10.2 Å². The van der Waals surface area contributed by atoms with Crippen LogP contribution in [0.25, 0.3) is 0 Å². The first-order valence-electron chi connectivity index (χ1n) is 7.68. The molecule has 3 rings (SSSR count). The van der Waals surface area contributed by atoms with Gasteiger partial charge in [-0.3, -0.25) is 0 Å². The molecule has 0 radical (unpaired) electrons. The van der Waals surface area contributed by atoms with Crippen molar-refractivity contribution in [1.82, 2.24) is 9.03 Å². The van der Waals surface area contributed by atoms with E-state index in [4.69, 9.17) is 0 Å². The molecule has 1 aromatic carbocycles. The van der Waals surface area contributed by atoms with Crippen molar-refractivity contribution in [1.29, 1.82) is 0 Å². The third kappa shape index (κ3) is 3.55. The van der Waals surface area contributed by atoms with Crippen LogP contribution in [0.5, 0.6) is 0 Å². The lowest BCUT2D eigenvalue weighted by Crippen LogP contribution is -2.57. The Kier molecular flexibility index (Phi) is 4.43. The van der Waals surface area contributed by atoms with Crippen molar-refractivity contribution in [2.75, 3.05) is 13.1 Å². The molecule has 1 aliphatic carbocycles. The van der Waals surface area contributed by atoms with Gasteiger partial charge in [0.15, 0.2) is 0 Å². The predicted octanol–water partition coefficient (Wildman–Crippen LogP) is 1.44. The van der Waals surface area contributed by atoms with Crippen LogP contribution in [0.4, 0.5) is 8.78 Å². The third-order valence-electron chi connectivity index (χ3n) is 4.63. The lowest BCUT2D eigenvalue weighted by molar-refractivity contribution is -0.00687. The molecule has 0 unspecified atom stereocenters. The number of nitrogens with zero attached hydrogens (tertiary/aromatic N) is 1. The zero-order valence-electron chi connectivity index (χ0n) is 12.6. The fraction of sp³-hybridized carbons (Fsp3) is 0.600. The van der Waals surface area contributed by atoms with Crippen molar-refractivity contribution >= 4 is 10.2 Å². The van der Waals surface area contributed by atoms with E-state index < -0.39 is 27.8 Å². The van der Waals surface area contributed by atoms with Gasteiger partial charge in [0.1, 0.15) is 12.0 Å². The normalized spacial score (nSPS) is 30.1. The van der Waals surface area contributed by atoms with Gasteiger partial charge in [-0.2, -0.15) is 17.4 Å². The number of hydrogen-bond donors (Lipinski definition) is 2. The summed E-state index contributed by atoms with van der Waals surface area (Å²) in [4.78, 5) is 0. The van der Waals surface area contributed by atoms with Gasteiger partial charge >= 0.3 is 0 Å². The van der Waals surface area contributed by atoms with Gasteiger partial charge < -0.3 is 5.11 Å². The Morgan fingerprint density at radius 2 is 1.91 bits per heavy atom. The van der Waals surface area contributed by atoms with Gasteiger partial charge in [-0.05, 0) is 43.4 Å². The summed E-state index contributed by atoms with van der Waals surface area (Å²) in [5.41, 5.74) is -0.619. The van der Waals surface area contributed by atoms with Gasteiger partial charge in [0.05, 0.1) is 5.60 Å². The molecule has 0 aromatic heterocycles. The van der Waals surface area contributed by atoms with E-state index in [2.05, 4.69) is 4.72 Å². The number of halogens is 2. The van der Waals surface area contributed by atoms with Crippen molar-refractivity contribution in [3.8, 4) is 0 Å². The first kappa shape index (κ1) is 16.8. The molecule has 2 fully saturated rings. The van der Waals surface area contributed by atoms with Gasteiger partial charge in [0, 0.05) is 19.1 Å². The standard InChI is InChI=1S/C15H20F2N2O3S/c16-12-3-1-2-11(8-12)15(20)6-4-14(5-7-15)18-23(21,22)19-9-13(17)10-19/h1-3,8,13-14,18,20H,4-7,9-10H2. The lowest BCUT2D eigenvalue weighted by Gasteiger charge is -2.39. The molecule has 23 heavy (non-hydrogen) atoms. The van der Waals surface area contributed by atoms with Crippen molar-refractivity contribution in [3.63, 3.8) is 0 Å². The van der Waals surface area contributed by atoms with Crippen molar-refractivity contribution in [2.24, 2.45) is 0 Å². The van der Waals surface area contributed by atoms with E-state index in [-0.39, 0.29) is 19.1 Å². The summed E-state index contributed by atoms with van der Waals surface area (Å²) >= 11 is 0. The molecule has 0 atom stereocenters. The monoisotopic (exact) mass is 346 g/mol. The molecule has 5 nitrogen and oxygen atoms in total. The van der Waals surface area contributed by atoms with E-state index in [0.717, 1.165) is 4.31 Å². The molecule has 1 aromatic rings. The number of nitrogens with one attached hydrogen (secondary N) is 1. The average molecular weight is 346 g/mol. The summed E-state index contributed by atoms with van der Waals surface area (Å²) in [7, 11) is -3.66. The minimum atomic E-state index is -3.66. The number of alkyl halides is 1. The van der Waals surface area contributed by atoms with Crippen molar-refractivity contribution in [3.05, 3.63) is 35.6 Å². The molecular weight excluding hydrogens is 326 g/mol. The Bertz CT molecular complexity index is 669. The van der Waals surface area contributed by atoms with Crippen molar-refractivity contribution in [2.45, 2.75) is 43.5 Å². The van der Waals surface area contributed by atoms with E-state index in [0.29, 0.717) is 31.2 Å². The molecule has 0 spiro atoms. The first-order chi connectivity index (χ1) is 10.8. The minimum Gasteiger partial charge on any atom is -0.385 e. The van der Waals surface area contributed by atoms with Gasteiger partial charge in [-0.25, -0.2) is 8.78 Å². The van der Waals surface area contributed by atoms with Crippen LogP contribution in [0.2, 0.25) is 0 Å². The molecule has 0 amide bonds. The van der Waals surface area contributed by atoms with Gasteiger partial charge in [0.2, 0.25) is 0 Å². The highest BCUT2D eigenvalue weighted by Crippen LogP contribution is 2.37. The number of benzene rings is 1. The van der Waals surface area contributed by atoms with Crippen LogP contribution in [0.15, 0.2) is 24.3 Å². The van der Waals surface area contributed by atoms with Crippen LogP contribution in [0, 0.1) is 5.82 Å². The second kappa shape index (κ2) is 6.08. The molecule has 2 aliphatic rings. The van der Waals surface area contributed by atoms with E-state index in [9.17, 15) is 22.3 Å². The van der Waals surface area contributed by atoms with Crippen LogP contribution in [0.1, 0.15) is 31.2 Å². The highest BCUT2D eigenvalue weighted by molar-refractivity contribution is 7.87. The zero-order chi connectivity index (χ0) is 16.7. The van der Waals surface area contributed by atoms with Gasteiger partial charge in [-0.15, -0.1) is 0 Å². The zero-order valence-corrected chi connectivity index (χ0v) is 13.4.